The zero-order valence-electron chi connectivity index (χ0n) is 3.73. The molecule has 0 aromatic carbocycles. The molecule has 0 aliphatic heterocycles. The normalized spacial score (nSPS) is 9.25. The van der Waals surface area contributed by atoms with Crippen molar-refractivity contribution >= 4 is 0 Å². The van der Waals surface area contributed by atoms with Gasteiger partial charge in [0.2, 0.25) is 11.9 Å². The lowest BCUT2D eigenvalue weighted by molar-refractivity contribution is 0.521. The van der Waals surface area contributed by atoms with Gasteiger partial charge in [0.25, 0.3) is 0 Å². The maximum Gasteiger partial charge on any atom is 0.227 e. The Morgan fingerprint density at radius 2 is 1.75 bits per heavy atom. The van der Waals surface area contributed by atoms with E-state index in [0.29, 0.717) is 0 Å². The first-order chi connectivity index (χ1) is 3.79. The molecule has 0 unspecified atom stereocenters. The SMILES string of the molecule is Fc1[c]c(F)ncn1. The molecule has 41 valence electrons. The first-order valence-corrected chi connectivity index (χ1v) is 1.84. The van der Waals surface area contributed by atoms with Crippen LogP contribution in [0.3, 0.4) is 0 Å². The fourth-order valence-corrected chi connectivity index (χ4v) is 0.280. The Morgan fingerprint density at radius 3 is 2.00 bits per heavy atom. The summed E-state index contributed by atoms with van der Waals surface area (Å²) >= 11 is 0. The molecule has 0 fully saturated rings. The zero-order valence-corrected chi connectivity index (χ0v) is 3.73. The van der Waals surface area contributed by atoms with Crippen molar-refractivity contribution in [3.63, 3.8) is 0 Å². The van der Waals surface area contributed by atoms with E-state index in [4.69, 9.17) is 0 Å². The van der Waals surface area contributed by atoms with Crippen LogP contribution in [0.1, 0.15) is 0 Å². The number of rotatable bonds is 0. The van der Waals surface area contributed by atoms with Crippen molar-refractivity contribution < 1.29 is 8.78 Å². The number of hydrogen-bond donors (Lipinski definition) is 0. The second-order valence-corrected chi connectivity index (χ2v) is 1.08. The minimum Gasteiger partial charge on any atom is -0.207 e. The third kappa shape index (κ3) is 0.959. The Morgan fingerprint density at radius 1 is 1.25 bits per heavy atom. The van der Waals surface area contributed by atoms with Crippen molar-refractivity contribution in [3.05, 3.63) is 24.3 Å². The molecule has 0 saturated heterocycles. The van der Waals surface area contributed by atoms with Gasteiger partial charge < -0.3 is 0 Å². The van der Waals surface area contributed by atoms with Gasteiger partial charge in [0.1, 0.15) is 12.4 Å². The average molecular weight is 115 g/mol. The Kier molecular flexibility index (Phi) is 1.15. The molecule has 2 nitrogen and oxygen atoms in total. The predicted molar refractivity (Wildman–Crippen MR) is 20.8 cm³/mol. The summed E-state index contributed by atoms with van der Waals surface area (Å²) in [5, 5.41) is 0. The standard InChI is InChI=1S/C4HF2N2/c5-3-1-4(6)8-2-7-3/h2H. The van der Waals surface area contributed by atoms with Gasteiger partial charge in [0.05, 0.1) is 0 Å². The van der Waals surface area contributed by atoms with E-state index in [1.54, 1.807) is 6.07 Å². The van der Waals surface area contributed by atoms with Gasteiger partial charge in [0.15, 0.2) is 0 Å². The maximum atomic E-state index is 11.7. The van der Waals surface area contributed by atoms with Crippen LogP contribution in [0.2, 0.25) is 0 Å². The molecule has 0 N–H and O–H groups in total. The van der Waals surface area contributed by atoms with Gasteiger partial charge in [-0.15, -0.1) is 0 Å². The lowest BCUT2D eigenvalue weighted by Gasteiger charge is -1.81. The first-order valence-electron chi connectivity index (χ1n) is 1.84. The molecule has 0 amide bonds. The summed E-state index contributed by atoms with van der Waals surface area (Å²) in [6, 6.07) is 1.61. The Balaban J connectivity index is 3.08. The van der Waals surface area contributed by atoms with E-state index in [1.165, 1.54) is 0 Å². The van der Waals surface area contributed by atoms with Gasteiger partial charge in [-0.2, -0.15) is 8.78 Å². The van der Waals surface area contributed by atoms with Crippen LogP contribution in [-0.2, 0) is 0 Å². The summed E-state index contributed by atoms with van der Waals surface area (Å²) in [6.45, 7) is 0. The number of halogens is 2. The van der Waals surface area contributed by atoms with E-state index < -0.39 is 11.9 Å². The highest BCUT2D eigenvalue weighted by Crippen LogP contribution is 1.89. The molecular weight excluding hydrogens is 114 g/mol. The van der Waals surface area contributed by atoms with Crippen LogP contribution in [-0.4, -0.2) is 9.97 Å². The van der Waals surface area contributed by atoms with Crippen molar-refractivity contribution in [2.75, 3.05) is 0 Å². The molecule has 4 heteroatoms. The maximum absolute atomic E-state index is 11.7. The monoisotopic (exact) mass is 115 g/mol. The molecule has 1 aromatic heterocycles. The summed E-state index contributed by atoms with van der Waals surface area (Å²) in [6.07, 6.45) is 0.793. The van der Waals surface area contributed by atoms with Crippen LogP contribution in [0.4, 0.5) is 8.78 Å². The number of aromatic nitrogens is 2. The number of hydrogen-bond acceptors (Lipinski definition) is 2. The predicted octanol–water partition coefficient (Wildman–Crippen LogP) is 0.555. The molecule has 0 spiro atoms. The van der Waals surface area contributed by atoms with Gasteiger partial charge in [-0.1, -0.05) is 0 Å². The van der Waals surface area contributed by atoms with E-state index >= 15 is 0 Å². The van der Waals surface area contributed by atoms with E-state index in [9.17, 15) is 8.78 Å². The van der Waals surface area contributed by atoms with Crippen molar-refractivity contribution in [1.82, 2.24) is 9.97 Å². The minimum absolute atomic E-state index is 0.793. The van der Waals surface area contributed by atoms with Gasteiger partial charge in [0, 0.05) is 0 Å². The summed E-state index contributed by atoms with van der Waals surface area (Å²) in [4.78, 5) is 5.93. The van der Waals surface area contributed by atoms with Gasteiger partial charge >= 0.3 is 0 Å². The number of nitrogens with zero attached hydrogens (tertiary/aromatic N) is 2. The molecule has 1 heterocycles. The highest BCUT2D eigenvalue weighted by molar-refractivity contribution is 4.79. The highest BCUT2D eigenvalue weighted by atomic mass is 19.1. The second-order valence-electron chi connectivity index (χ2n) is 1.08. The van der Waals surface area contributed by atoms with Gasteiger partial charge in [-0.3, -0.25) is 0 Å². The molecule has 1 aromatic rings. The van der Waals surface area contributed by atoms with Gasteiger partial charge in [-0.05, 0) is 0 Å². The Labute approximate surface area is 44.2 Å². The topological polar surface area (TPSA) is 25.8 Å². The van der Waals surface area contributed by atoms with Gasteiger partial charge in [-0.25, -0.2) is 9.97 Å². The van der Waals surface area contributed by atoms with Crippen molar-refractivity contribution in [2.24, 2.45) is 0 Å². The van der Waals surface area contributed by atoms with Crippen LogP contribution in [0.5, 0.6) is 0 Å². The van der Waals surface area contributed by atoms with Crippen LogP contribution in [0, 0.1) is 18.0 Å². The van der Waals surface area contributed by atoms with E-state index in [2.05, 4.69) is 9.97 Å². The van der Waals surface area contributed by atoms with Crippen molar-refractivity contribution in [1.29, 1.82) is 0 Å². The molecule has 1 rings (SSSR count). The molecule has 0 aliphatic carbocycles. The van der Waals surface area contributed by atoms with Crippen molar-refractivity contribution in [3.8, 4) is 0 Å². The molecule has 0 atom stereocenters. The Bertz CT molecular complexity index is 172. The molecule has 8 heavy (non-hydrogen) atoms. The lowest BCUT2D eigenvalue weighted by atomic mass is 10.6. The van der Waals surface area contributed by atoms with Crippen LogP contribution in [0.25, 0.3) is 0 Å². The van der Waals surface area contributed by atoms with Crippen LogP contribution < -0.4 is 0 Å². The Hall–Kier alpha value is -1.06. The summed E-state index contributed by atoms with van der Waals surface area (Å²) in [7, 11) is 0. The summed E-state index contributed by atoms with van der Waals surface area (Å²) in [5.74, 6) is -1.95. The van der Waals surface area contributed by atoms with E-state index in [1.807, 2.05) is 0 Å². The third-order valence-electron chi connectivity index (χ3n) is 0.548. The van der Waals surface area contributed by atoms with E-state index in [-0.39, 0.29) is 0 Å². The molecule has 0 aliphatic rings. The van der Waals surface area contributed by atoms with E-state index in [0.717, 1.165) is 6.33 Å². The smallest absolute Gasteiger partial charge is 0.207 e. The first kappa shape index (κ1) is 5.08. The molecule has 0 bridgehead atoms. The fourth-order valence-electron chi connectivity index (χ4n) is 0.280. The summed E-state index contributed by atoms with van der Waals surface area (Å²) < 4.78 is 23.4. The highest BCUT2D eigenvalue weighted by Gasteiger charge is 1.92. The largest absolute Gasteiger partial charge is 0.227 e. The van der Waals surface area contributed by atoms with Crippen LogP contribution >= 0.6 is 0 Å². The van der Waals surface area contributed by atoms with Crippen molar-refractivity contribution in [2.45, 2.75) is 0 Å². The minimum atomic E-state index is -0.975. The fraction of sp³-hybridized carbons (Fsp3) is 0. The third-order valence-corrected chi connectivity index (χ3v) is 0.548. The molecule has 0 saturated carbocycles. The quantitative estimate of drug-likeness (QED) is 0.461. The van der Waals surface area contributed by atoms with Crippen LogP contribution in [0.15, 0.2) is 6.33 Å². The molecular formula is C4HF2N2. The lowest BCUT2D eigenvalue weighted by Crippen LogP contribution is -1.87. The average Bonchev–Trinajstić information content (AvgIpc) is 1.64. The second kappa shape index (κ2) is 1.81. The summed E-state index contributed by atoms with van der Waals surface area (Å²) in [5.41, 5.74) is 0. The zero-order chi connectivity index (χ0) is 5.98. The molecule has 1 radical (unpaired) electrons.